The quantitative estimate of drug-likeness (QED) is 0.696. The molecule has 20 heavy (non-hydrogen) atoms. The minimum atomic E-state index is -0.503. The van der Waals surface area contributed by atoms with E-state index in [1.165, 1.54) is 16.7 Å². The third-order valence-electron chi connectivity index (χ3n) is 4.39. The zero-order valence-electron chi connectivity index (χ0n) is 13.2. The standard InChI is InChI=1S/C17H24ClNO/c1-10-7-14-12(3)9-17(5,6)19(16(20)13(4)18)15(14)8-11(10)2/h7-8,12-13H,9H2,1-6H3. The first-order chi connectivity index (χ1) is 9.15. The number of alkyl halides is 1. The van der Waals surface area contributed by atoms with Crippen molar-refractivity contribution in [2.75, 3.05) is 4.90 Å². The van der Waals surface area contributed by atoms with Gasteiger partial charge in [-0.25, -0.2) is 0 Å². The fourth-order valence-electron chi connectivity index (χ4n) is 3.28. The van der Waals surface area contributed by atoms with Gasteiger partial charge in [0.05, 0.1) is 0 Å². The van der Waals surface area contributed by atoms with Crippen LogP contribution in [0.2, 0.25) is 0 Å². The Bertz CT molecular complexity index is 548. The van der Waals surface area contributed by atoms with E-state index in [-0.39, 0.29) is 11.4 Å². The van der Waals surface area contributed by atoms with E-state index < -0.39 is 5.38 Å². The number of amides is 1. The van der Waals surface area contributed by atoms with Crippen LogP contribution in [0.1, 0.15) is 56.7 Å². The van der Waals surface area contributed by atoms with Gasteiger partial charge in [0.25, 0.3) is 0 Å². The smallest absolute Gasteiger partial charge is 0.245 e. The lowest BCUT2D eigenvalue weighted by atomic mass is 9.79. The molecule has 3 heteroatoms. The van der Waals surface area contributed by atoms with E-state index in [0.717, 1.165) is 12.1 Å². The Morgan fingerprint density at radius 3 is 2.45 bits per heavy atom. The molecule has 1 aromatic carbocycles. The molecule has 0 radical (unpaired) electrons. The van der Waals surface area contributed by atoms with Crippen molar-refractivity contribution in [1.29, 1.82) is 0 Å². The monoisotopic (exact) mass is 293 g/mol. The zero-order valence-corrected chi connectivity index (χ0v) is 14.0. The summed E-state index contributed by atoms with van der Waals surface area (Å²) in [4.78, 5) is 14.5. The average Bonchev–Trinajstić information content (AvgIpc) is 2.30. The largest absolute Gasteiger partial charge is 0.305 e. The maximum Gasteiger partial charge on any atom is 0.245 e. The molecule has 2 nitrogen and oxygen atoms in total. The number of halogens is 1. The average molecular weight is 294 g/mol. The number of carbonyl (C=O) groups excluding carboxylic acids is 1. The van der Waals surface area contributed by atoms with E-state index in [1.54, 1.807) is 6.92 Å². The van der Waals surface area contributed by atoms with Crippen molar-refractivity contribution in [3.8, 4) is 0 Å². The summed E-state index contributed by atoms with van der Waals surface area (Å²) in [5.41, 5.74) is 4.59. The van der Waals surface area contributed by atoms with Gasteiger partial charge in [-0.2, -0.15) is 0 Å². The third kappa shape index (κ3) is 2.46. The Morgan fingerprint density at radius 2 is 1.90 bits per heavy atom. The van der Waals surface area contributed by atoms with Gasteiger partial charge in [-0.05, 0) is 69.7 Å². The Hall–Kier alpha value is -1.02. The number of anilines is 1. The van der Waals surface area contributed by atoms with Crippen LogP contribution in [0.15, 0.2) is 12.1 Å². The molecule has 0 aliphatic carbocycles. The maximum atomic E-state index is 12.6. The van der Waals surface area contributed by atoms with Gasteiger partial charge in [0.15, 0.2) is 0 Å². The number of hydrogen-bond acceptors (Lipinski definition) is 1. The van der Waals surface area contributed by atoms with Crippen molar-refractivity contribution < 1.29 is 4.79 Å². The lowest BCUT2D eigenvalue weighted by molar-refractivity contribution is -0.119. The number of nitrogens with zero attached hydrogens (tertiary/aromatic N) is 1. The number of hydrogen-bond donors (Lipinski definition) is 0. The molecule has 110 valence electrons. The van der Waals surface area contributed by atoms with Gasteiger partial charge in [-0.15, -0.1) is 11.6 Å². The minimum Gasteiger partial charge on any atom is -0.305 e. The predicted octanol–water partition coefficient (Wildman–Crippen LogP) is 4.55. The maximum absolute atomic E-state index is 12.6. The van der Waals surface area contributed by atoms with Gasteiger partial charge in [0.2, 0.25) is 5.91 Å². The first-order valence-corrected chi connectivity index (χ1v) is 7.68. The van der Waals surface area contributed by atoms with Gasteiger partial charge in [-0.1, -0.05) is 13.0 Å². The molecule has 1 heterocycles. The molecule has 0 N–H and O–H groups in total. The summed E-state index contributed by atoms with van der Waals surface area (Å²) in [5.74, 6) is 0.446. The van der Waals surface area contributed by atoms with Crippen LogP contribution in [0.5, 0.6) is 0 Å². The summed E-state index contributed by atoms with van der Waals surface area (Å²) >= 11 is 6.07. The summed E-state index contributed by atoms with van der Waals surface area (Å²) in [7, 11) is 0. The van der Waals surface area contributed by atoms with Gasteiger partial charge < -0.3 is 4.90 Å². The molecule has 1 amide bonds. The van der Waals surface area contributed by atoms with Crippen molar-refractivity contribution in [3.05, 3.63) is 28.8 Å². The second kappa shape index (κ2) is 5.07. The van der Waals surface area contributed by atoms with Gasteiger partial charge in [-0.3, -0.25) is 4.79 Å². The van der Waals surface area contributed by atoms with Gasteiger partial charge in [0.1, 0.15) is 5.38 Å². The van der Waals surface area contributed by atoms with E-state index >= 15 is 0 Å². The minimum absolute atomic E-state index is 0.00642. The van der Waals surface area contributed by atoms with Crippen molar-refractivity contribution in [2.24, 2.45) is 0 Å². The molecule has 2 rings (SSSR count). The van der Waals surface area contributed by atoms with Crippen LogP contribution in [-0.2, 0) is 4.79 Å². The van der Waals surface area contributed by atoms with Gasteiger partial charge in [0, 0.05) is 11.2 Å². The van der Waals surface area contributed by atoms with Crippen molar-refractivity contribution in [1.82, 2.24) is 0 Å². The molecular weight excluding hydrogens is 270 g/mol. The fraction of sp³-hybridized carbons (Fsp3) is 0.588. The van der Waals surface area contributed by atoms with E-state index in [1.807, 2.05) is 4.90 Å². The molecular formula is C17H24ClNO. The highest BCUT2D eigenvalue weighted by atomic mass is 35.5. The van der Waals surface area contributed by atoms with Crippen LogP contribution < -0.4 is 4.90 Å². The molecule has 0 fully saturated rings. The highest BCUT2D eigenvalue weighted by Crippen LogP contribution is 2.44. The van der Waals surface area contributed by atoms with E-state index in [2.05, 4.69) is 46.8 Å². The second-order valence-corrected chi connectivity index (χ2v) is 7.36. The number of aryl methyl sites for hydroxylation is 2. The summed E-state index contributed by atoms with van der Waals surface area (Å²) < 4.78 is 0. The summed E-state index contributed by atoms with van der Waals surface area (Å²) in [5, 5.41) is -0.503. The Labute approximate surface area is 127 Å². The first-order valence-electron chi connectivity index (χ1n) is 7.24. The van der Waals surface area contributed by atoms with E-state index in [0.29, 0.717) is 5.92 Å². The molecule has 1 aromatic rings. The predicted molar refractivity (Wildman–Crippen MR) is 85.8 cm³/mol. The van der Waals surface area contributed by atoms with Crippen molar-refractivity contribution in [3.63, 3.8) is 0 Å². The number of benzene rings is 1. The molecule has 0 bridgehead atoms. The molecule has 0 spiro atoms. The fourth-order valence-corrected chi connectivity index (χ4v) is 3.38. The molecule has 2 unspecified atom stereocenters. The molecule has 1 aliphatic rings. The highest BCUT2D eigenvalue weighted by Gasteiger charge is 2.41. The lowest BCUT2D eigenvalue weighted by Crippen LogP contribution is -2.53. The van der Waals surface area contributed by atoms with Crippen LogP contribution in [0.25, 0.3) is 0 Å². The highest BCUT2D eigenvalue weighted by molar-refractivity contribution is 6.32. The van der Waals surface area contributed by atoms with Crippen LogP contribution in [-0.4, -0.2) is 16.8 Å². The van der Waals surface area contributed by atoms with E-state index in [9.17, 15) is 4.79 Å². The Morgan fingerprint density at radius 1 is 1.35 bits per heavy atom. The molecule has 0 saturated heterocycles. The topological polar surface area (TPSA) is 20.3 Å². The number of carbonyl (C=O) groups is 1. The van der Waals surface area contributed by atoms with Crippen LogP contribution in [0.4, 0.5) is 5.69 Å². The SMILES string of the molecule is Cc1cc2c(cc1C)N(C(=O)C(C)Cl)C(C)(C)CC2C. The van der Waals surface area contributed by atoms with Crippen LogP contribution >= 0.6 is 11.6 Å². The van der Waals surface area contributed by atoms with Crippen LogP contribution in [0, 0.1) is 13.8 Å². The molecule has 2 atom stereocenters. The third-order valence-corrected chi connectivity index (χ3v) is 4.57. The molecule has 1 aliphatic heterocycles. The normalized spacial score (nSPS) is 22.4. The summed E-state index contributed by atoms with van der Waals surface area (Å²) in [6, 6.07) is 4.36. The van der Waals surface area contributed by atoms with Gasteiger partial charge >= 0.3 is 0 Å². The molecule has 0 saturated carbocycles. The van der Waals surface area contributed by atoms with Crippen molar-refractivity contribution >= 4 is 23.2 Å². The van der Waals surface area contributed by atoms with Crippen LogP contribution in [0.3, 0.4) is 0 Å². The Balaban J connectivity index is 2.65. The first kappa shape index (κ1) is 15.4. The Kier molecular flexibility index (Phi) is 3.90. The summed E-state index contributed by atoms with van der Waals surface area (Å²) in [6.07, 6.45) is 0.956. The zero-order chi connectivity index (χ0) is 15.2. The second-order valence-electron chi connectivity index (χ2n) is 6.70. The van der Waals surface area contributed by atoms with Crippen molar-refractivity contribution in [2.45, 2.75) is 64.8 Å². The number of fused-ring (bicyclic) bond motifs is 1. The lowest BCUT2D eigenvalue weighted by Gasteiger charge is -2.46. The van der Waals surface area contributed by atoms with E-state index in [4.69, 9.17) is 11.6 Å². The summed E-state index contributed by atoms with van der Waals surface area (Å²) in [6.45, 7) is 12.4. The molecule has 0 aromatic heterocycles. The number of rotatable bonds is 1.